The van der Waals surface area contributed by atoms with Gasteiger partial charge in [-0.25, -0.2) is 4.79 Å². The maximum absolute atomic E-state index is 12.5. The van der Waals surface area contributed by atoms with Crippen LogP contribution in [0.2, 0.25) is 10.0 Å². The Morgan fingerprint density at radius 1 is 1.05 bits per heavy atom. The molecule has 114 valence electrons. The number of hydrogen-bond acceptors (Lipinski definition) is 2. The van der Waals surface area contributed by atoms with Gasteiger partial charge in [-0.1, -0.05) is 23.2 Å². The minimum Gasteiger partial charge on any atom is -0.335 e. The zero-order chi connectivity index (χ0) is 15.6. The number of benzene rings is 1. The quantitative estimate of drug-likeness (QED) is 0.794. The molecule has 1 heterocycles. The van der Waals surface area contributed by atoms with E-state index in [-0.39, 0.29) is 11.9 Å². The van der Waals surface area contributed by atoms with E-state index in [4.69, 9.17) is 23.2 Å². The third kappa shape index (κ3) is 3.60. The summed E-state index contributed by atoms with van der Waals surface area (Å²) in [7, 11) is 3.43. The van der Waals surface area contributed by atoms with Gasteiger partial charge in [0.15, 0.2) is 0 Å². The van der Waals surface area contributed by atoms with Gasteiger partial charge >= 0.3 is 6.03 Å². The van der Waals surface area contributed by atoms with Crippen LogP contribution in [0.1, 0.15) is 10.4 Å². The molecule has 2 rings (SSSR count). The van der Waals surface area contributed by atoms with Crippen LogP contribution in [0.4, 0.5) is 4.79 Å². The summed E-state index contributed by atoms with van der Waals surface area (Å²) in [5.41, 5.74) is 0.400. The Hall–Kier alpha value is -1.46. The van der Waals surface area contributed by atoms with Crippen molar-refractivity contribution in [2.75, 3.05) is 40.3 Å². The van der Waals surface area contributed by atoms with E-state index in [0.717, 1.165) is 0 Å². The van der Waals surface area contributed by atoms with Crippen molar-refractivity contribution >= 4 is 35.1 Å². The summed E-state index contributed by atoms with van der Waals surface area (Å²) in [5, 5.41) is 0.861. The average Bonchev–Trinajstić information content (AvgIpc) is 2.48. The van der Waals surface area contributed by atoms with Crippen molar-refractivity contribution in [3.8, 4) is 0 Å². The topological polar surface area (TPSA) is 43.9 Å². The fourth-order valence-electron chi connectivity index (χ4n) is 2.22. The van der Waals surface area contributed by atoms with E-state index in [2.05, 4.69) is 0 Å². The number of urea groups is 1. The van der Waals surface area contributed by atoms with Crippen molar-refractivity contribution in [2.24, 2.45) is 0 Å². The van der Waals surface area contributed by atoms with Crippen molar-refractivity contribution in [2.45, 2.75) is 0 Å². The van der Waals surface area contributed by atoms with Gasteiger partial charge in [-0.05, 0) is 18.2 Å². The second-order valence-corrected chi connectivity index (χ2v) is 5.92. The monoisotopic (exact) mass is 329 g/mol. The van der Waals surface area contributed by atoms with Crippen LogP contribution >= 0.6 is 23.2 Å². The van der Waals surface area contributed by atoms with E-state index >= 15 is 0 Å². The zero-order valence-corrected chi connectivity index (χ0v) is 13.5. The summed E-state index contributed by atoms with van der Waals surface area (Å²) < 4.78 is 0. The molecule has 7 heteroatoms. The SMILES string of the molecule is CN(C)C(=O)N1CCN(C(=O)c2cc(Cl)ccc2Cl)CC1. The molecular formula is C14H17Cl2N3O2. The molecule has 0 atom stereocenters. The number of halogens is 2. The minimum atomic E-state index is -0.153. The molecule has 1 aromatic rings. The second-order valence-electron chi connectivity index (χ2n) is 5.08. The van der Waals surface area contributed by atoms with Crippen LogP contribution in [0.25, 0.3) is 0 Å². The first-order valence-corrected chi connectivity index (χ1v) is 7.36. The fourth-order valence-corrected chi connectivity index (χ4v) is 2.59. The minimum absolute atomic E-state index is 0.0390. The molecule has 1 fully saturated rings. The van der Waals surface area contributed by atoms with Gasteiger partial charge in [0.2, 0.25) is 0 Å². The Balaban J connectivity index is 2.03. The molecule has 0 spiro atoms. The molecule has 21 heavy (non-hydrogen) atoms. The van der Waals surface area contributed by atoms with Crippen molar-refractivity contribution in [3.05, 3.63) is 33.8 Å². The standard InChI is InChI=1S/C14H17Cl2N3O2/c1-17(2)14(21)19-7-5-18(6-8-19)13(20)11-9-10(15)3-4-12(11)16/h3-4,9H,5-8H2,1-2H3. The number of rotatable bonds is 1. The van der Waals surface area contributed by atoms with E-state index in [1.165, 1.54) is 4.90 Å². The Kier molecular flexibility index (Phi) is 4.96. The second kappa shape index (κ2) is 6.54. The molecule has 1 aromatic carbocycles. The molecule has 1 aliphatic rings. The Morgan fingerprint density at radius 2 is 1.62 bits per heavy atom. The number of carbonyl (C=O) groups is 2. The van der Waals surface area contributed by atoms with Crippen LogP contribution in [0, 0.1) is 0 Å². The van der Waals surface area contributed by atoms with E-state index in [9.17, 15) is 9.59 Å². The highest BCUT2D eigenvalue weighted by molar-refractivity contribution is 6.35. The number of piperazine rings is 1. The fraction of sp³-hybridized carbons (Fsp3) is 0.429. The molecule has 0 unspecified atom stereocenters. The van der Waals surface area contributed by atoms with Crippen LogP contribution in [-0.2, 0) is 0 Å². The van der Waals surface area contributed by atoms with Gasteiger partial charge in [-0.3, -0.25) is 4.79 Å². The van der Waals surface area contributed by atoms with E-state index in [1.54, 1.807) is 42.1 Å². The van der Waals surface area contributed by atoms with Crippen molar-refractivity contribution < 1.29 is 9.59 Å². The Morgan fingerprint density at radius 3 is 2.19 bits per heavy atom. The molecule has 0 radical (unpaired) electrons. The summed E-state index contributed by atoms with van der Waals surface area (Å²) in [6, 6.07) is 4.80. The number of amides is 3. The molecule has 1 aliphatic heterocycles. The average molecular weight is 330 g/mol. The summed E-state index contributed by atoms with van der Waals surface area (Å²) in [6.45, 7) is 2.00. The molecule has 0 aliphatic carbocycles. The molecule has 0 aromatic heterocycles. The molecule has 0 bridgehead atoms. The third-order valence-electron chi connectivity index (χ3n) is 3.38. The highest BCUT2D eigenvalue weighted by Crippen LogP contribution is 2.22. The first-order valence-electron chi connectivity index (χ1n) is 6.60. The summed E-state index contributed by atoms with van der Waals surface area (Å²) in [4.78, 5) is 29.3. The largest absolute Gasteiger partial charge is 0.335 e. The predicted molar refractivity (Wildman–Crippen MR) is 83.0 cm³/mol. The molecule has 3 amide bonds. The smallest absolute Gasteiger partial charge is 0.319 e. The number of nitrogens with zero attached hydrogens (tertiary/aromatic N) is 3. The molecule has 5 nitrogen and oxygen atoms in total. The van der Waals surface area contributed by atoms with Crippen LogP contribution in [0.3, 0.4) is 0 Å². The zero-order valence-electron chi connectivity index (χ0n) is 12.0. The molecule has 1 saturated heterocycles. The van der Waals surface area contributed by atoms with Gasteiger partial charge in [-0.15, -0.1) is 0 Å². The maximum atomic E-state index is 12.5. The highest BCUT2D eigenvalue weighted by Gasteiger charge is 2.26. The number of hydrogen-bond donors (Lipinski definition) is 0. The van der Waals surface area contributed by atoms with Gasteiger partial charge in [0.25, 0.3) is 5.91 Å². The Bertz CT molecular complexity index is 555. The first-order chi connectivity index (χ1) is 9.90. The predicted octanol–water partition coefficient (Wildman–Crippen LogP) is 2.43. The van der Waals surface area contributed by atoms with Crippen LogP contribution < -0.4 is 0 Å². The maximum Gasteiger partial charge on any atom is 0.319 e. The summed E-state index contributed by atoms with van der Waals surface area (Å²) in [6.07, 6.45) is 0. The van der Waals surface area contributed by atoms with E-state index < -0.39 is 0 Å². The van der Waals surface area contributed by atoms with Crippen LogP contribution in [0.15, 0.2) is 18.2 Å². The Labute approximate surface area is 134 Å². The molecule has 0 N–H and O–H groups in total. The molecule has 0 saturated carbocycles. The van der Waals surface area contributed by atoms with Crippen molar-refractivity contribution in [1.29, 1.82) is 0 Å². The van der Waals surface area contributed by atoms with Crippen LogP contribution in [0.5, 0.6) is 0 Å². The van der Waals surface area contributed by atoms with Gasteiger partial charge < -0.3 is 14.7 Å². The summed E-state index contributed by atoms with van der Waals surface area (Å²) in [5.74, 6) is -0.153. The lowest BCUT2D eigenvalue weighted by Gasteiger charge is -2.36. The lowest BCUT2D eigenvalue weighted by atomic mass is 10.2. The van der Waals surface area contributed by atoms with Crippen molar-refractivity contribution in [1.82, 2.24) is 14.7 Å². The first kappa shape index (κ1) is 15.9. The van der Waals surface area contributed by atoms with Gasteiger partial charge in [0, 0.05) is 45.3 Å². The molecular weight excluding hydrogens is 313 g/mol. The van der Waals surface area contributed by atoms with Crippen LogP contribution in [-0.4, -0.2) is 66.9 Å². The van der Waals surface area contributed by atoms with Gasteiger partial charge in [0.05, 0.1) is 10.6 Å². The lowest BCUT2D eigenvalue weighted by Crippen LogP contribution is -2.52. The normalized spacial score (nSPS) is 15.0. The lowest BCUT2D eigenvalue weighted by molar-refractivity contribution is 0.0650. The number of carbonyl (C=O) groups excluding carboxylic acids is 2. The van der Waals surface area contributed by atoms with Gasteiger partial charge in [-0.2, -0.15) is 0 Å². The third-order valence-corrected chi connectivity index (χ3v) is 3.94. The van der Waals surface area contributed by atoms with E-state index in [1.807, 2.05) is 0 Å². The van der Waals surface area contributed by atoms with E-state index in [0.29, 0.717) is 41.8 Å². The summed E-state index contributed by atoms with van der Waals surface area (Å²) >= 11 is 12.0. The van der Waals surface area contributed by atoms with Gasteiger partial charge in [0.1, 0.15) is 0 Å². The highest BCUT2D eigenvalue weighted by atomic mass is 35.5. The van der Waals surface area contributed by atoms with Crippen molar-refractivity contribution in [3.63, 3.8) is 0 Å².